The normalized spacial score (nSPS) is 10.8. The maximum Gasteiger partial charge on any atom is 0.241 e. The van der Waals surface area contributed by atoms with E-state index in [1.807, 2.05) is 19.9 Å². The molecule has 0 spiro atoms. The van der Waals surface area contributed by atoms with E-state index in [1.54, 1.807) is 0 Å². The van der Waals surface area contributed by atoms with Gasteiger partial charge in [-0.1, -0.05) is 27.3 Å². The third kappa shape index (κ3) is 2.46. The Bertz CT molecular complexity index is 597. The summed E-state index contributed by atoms with van der Waals surface area (Å²) in [5, 5.41) is 3.27. The molecule has 90 valence electrons. The van der Waals surface area contributed by atoms with Gasteiger partial charge < -0.3 is 5.32 Å². The molecule has 0 aliphatic rings. The predicted octanol–water partition coefficient (Wildman–Crippen LogP) is 3.85. The molecule has 17 heavy (non-hydrogen) atoms. The van der Waals surface area contributed by atoms with E-state index < -0.39 is 0 Å². The van der Waals surface area contributed by atoms with Gasteiger partial charge in [-0.15, -0.1) is 11.6 Å². The molecule has 0 aliphatic carbocycles. The lowest BCUT2D eigenvalue weighted by atomic mass is 10.1. The van der Waals surface area contributed by atoms with Crippen molar-refractivity contribution in [3.63, 3.8) is 0 Å². The van der Waals surface area contributed by atoms with Crippen LogP contribution in [-0.4, -0.2) is 16.8 Å². The van der Waals surface area contributed by atoms with Crippen LogP contribution in [0.25, 0.3) is 10.2 Å². The molecule has 1 aromatic carbocycles. The lowest BCUT2D eigenvalue weighted by molar-refractivity contribution is -0.113. The molecule has 0 radical (unpaired) electrons. The molecule has 1 amide bonds. The van der Waals surface area contributed by atoms with Crippen LogP contribution >= 0.6 is 38.9 Å². The van der Waals surface area contributed by atoms with Crippen molar-refractivity contribution in [2.45, 2.75) is 13.8 Å². The number of rotatable bonds is 2. The molecule has 1 heterocycles. The van der Waals surface area contributed by atoms with Gasteiger partial charge in [0.15, 0.2) is 5.13 Å². The Balaban J connectivity index is 2.53. The summed E-state index contributed by atoms with van der Waals surface area (Å²) in [5.74, 6) is -0.294. The Morgan fingerprint density at radius 3 is 2.94 bits per heavy atom. The quantitative estimate of drug-likeness (QED) is 0.848. The van der Waals surface area contributed by atoms with Crippen molar-refractivity contribution in [1.82, 2.24) is 4.98 Å². The van der Waals surface area contributed by atoms with Crippen LogP contribution in [0.3, 0.4) is 0 Å². The number of nitrogens with zero attached hydrogens (tertiary/aromatic N) is 1. The van der Waals surface area contributed by atoms with Crippen molar-refractivity contribution in [3.8, 4) is 0 Å². The highest BCUT2D eigenvalue weighted by Gasteiger charge is 2.12. The summed E-state index contributed by atoms with van der Waals surface area (Å²) in [5.41, 5.74) is 3.15. The molecule has 0 fully saturated rings. The van der Waals surface area contributed by atoms with E-state index in [9.17, 15) is 4.79 Å². The molecule has 0 aliphatic heterocycles. The Labute approximate surface area is 116 Å². The number of alkyl halides is 1. The van der Waals surface area contributed by atoms with Crippen LogP contribution in [0.2, 0.25) is 0 Å². The molecule has 2 aromatic rings. The van der Waals surface area contributed by atoms with E-state index in [4.69, 9.17) is 11.6 Å². The summed E-state index contributed by atoms with van der Waals surface area (Å²) in [6, 6.07) is 2.03. The molecule has 0 saturated heterocycles. The minimum Gasteiger partial charge on any atom is -0.301 e. The van der Waals surface area contributed by atoms with Crippen molar-refractivity contribution >= 4 is 60.1 Å². The number of nitrogens with one attached hydrogen (secondary N) is 1. The molecule has 0 atom stereocenters. The van der Waals surface area contributed by atoms with Crippen LogP contribution in [0.1, 0.15) is 11.1 Å². The maximum atomic E-state index is 11.2. The fourth-order valence-electron chi connectivity index (χ4n) is 1.52. The summed E-state index contributed by atoms with van der Waals surface area (Å²) < 4.78 is 2.14. The largest absolute Gasteiger partial charge is 0.301 e. The predicted molar refractivity (Wildman–Crippen MR) is 76.1 cm³/mol. The number of carbonyl (C=O) groups is 1. The molecule has 1 N–H and O–H groups in total. The molecule has 3 nitrogen and oxygen atoms in total. The van der Waals surface area contributed by atoms with E-state index >= 15 is 0 Å². The highest BCUT2D eigenvalue weighted by molar-refractivity contribution is 9.10. The Morgan fingerprint density at radius 1 is 1.59 bits per heavy atom. The molecule has 0 unspecified atom stereocenters. The zero-order valence-electron chi connectivity index (χ0n) is 9.30. The minimum absolute atomic E-state index is 0.0580. The summed E-state index contributed by atoms with van der Waals surface area (Å²) in [6.07, 6.45) is 0. The molecule has 1 aromatic heterocycles. The number of fused-ring (bicyclic) bond motifs is 1. The minimum atomic E-state index is -0.236. The third-order valence-corrected chi connectivity index (χ3v) is 4.57. The number of amides is 1. The van der Waals surface area contributed by atoms with Crippen LogP contribution < -0.4 is 5.32 Å². The summed E-state index contributed by atoms with van der Waals surface area (Å²) >= 11 is 10.4. The van der Waals surface area contributed by atoms with Crippen LogP contribution in [0.5, 0.6) is 0 Å². The van der Waals surface area contributed by atoms with Gasteiger partial charge >= 0.3 is 0 Å². The molecular weight excluding hydrogens is 324 g/mol. The number of carbonyl (C=O) groups excluding carboxylic acids is 1. The molecule has 6 heteroatoms. The smallest absolute Gasteiger partial charge is 0.241 e. The van der Waals surface area contributed by atoms with Gasteiger partial charge in [0.1, 0.15) is 5.88 Å². The molecule has 0 saturated carbocycles. The monoisotopic (exact) mass is 332 g/mol. The topological polar surface area (TPSA) is 42.0 Å². The zero-order valence-corrected chi connectivity index (χ0v) is 12.5. The zero-order chi connectivity index (χ0) is 12.6. The third-order valence-electron chi connectivity index (χ3n) is 2.41. The van der Waals surface area contributed by atoms with E-state index in [0.717, 1.165) is 25.8 Å². The fourth-order valence-corrected chi connectivity index (χ4v) is 3.32. The lowest BCUT2D eigenvalue weighted by Crippen LogP contribution is -2.11. The first-order chi connectivity index (χ1) is 8.02. The van der Waals surface area contributed by atoms with E-state index in [1.165, 1.54) is 11.3 Å². The number of aryl methyl sites for hydroxylation is 2. The fraction of sp³-hybridized carbons (Fsp3) is 0.273. The van der Waals surface area contributed by atoms with Gasteiger partial charge in [0, 0.05) is 4.47 Å². The van der Waals surface area contributed by atoms with E-state index in [-0.39, 0.29) is 11.8 Å². The lowest BCUT2D eigenvalue weighted by Gasteiger charge is -2.01. The van der Waals surface area contributed by atoms with Gasteiger partial charge in [0.05, 0.1) is 10.2 Å². The summed E-state index contributed by atoms with van der Waals surface area (Å²) in [7, 11) is 0. The van der Waals surface area contributed by atoms with Crippen LogP contribution in [0.15, 0.2) is 10.5 Å². The Hall–Kier alpha value is -0.650. The number of hydrogen-bond donors (Lipinski definition) is 1. The van der Waals surface area contributed by atoms with E-state index in [0.29, 0.717) is 5.13 Å². The van der Waals surface area contributed by atoms with E-state index in [2.05, 4.69) is 26.2 Å². The number of aromatic nitrogens is 1. The standard InChI is InChI=1S/C11H10BrClN2OS/c1-5-3-7(12)6(2)10-9(5)15-11(17-10)14-8(16)4-13/h3H,4H2,1-2H3,(H,14,15,16). The molecule has 0 bridgehead atoms. The second-order valence-electron chi connectivity index (χ2n) is 3.68. The second-order valence-corrected chi connectivity index (χ2v) is 5.80. The highest BCUT2D eigenvalue weighted by atomic mass is 79.9. The van der Waals surface area contributed by atoms with Gasteiger partial charge in [-0.2, -0.15) is 0 Å². The van der Waals surface area contributed by atoms with Crippen molar-refractivity contribution in [1.29, 1.82) is 0 Å². The summed E-state index contributed by atoms with van der Waals surface area (Å²) in [6.45, 7) is 4.02. The summed E-state index contributed by atoms with van der Waals surface area (Å²) in [4.78, 5) is 15.6. The second kappa shape index (κ2) is 4.92. The number of halogens is 2. The van der Waals surface area contributed by atoms with Crippen molar-refractivity contribution in [3.05, 3.63) is 21.7 Å². The first-order valence-corrected chi connectivity index (χ1v) is 7.09. The van der Waals surface area contributed by atoms with Gasteiger partial charge in [-0.3, -0.25) is 4.79 Å². The van der Waals surface area contributed by atoms with Crippen LogP contribution in [-0.2, 0) is 4.79 Å². The SMILES string of the molecule is Cc1cc(Br)c(C)c2sc(NC(=O)CCl)nc12. The first-order valence-electron chi connectivity index (χ1n) is 4.95. The van der Waals surface area contributed by atoms with Gasteiger partial charge in [0.25, 0.3) is 0 Å². The van der Waals surface area contributed by atoms with Crippen LogP contribution in [0, 0.1) is 13.8 Å². The Morgan fingerprint density at radius 2 is 2.29 bits per heavy atom. The average molecular weight is 334 g/mol. The number of benzene rings is 1. The van der Waals surface area contributed by atoms with Crippen LogP contribution in [0.4, 0.5) is 5.13 Å². The number of anilines is 1. The van der Waals surface area contributed by atoms with Crippen molar-refractivity contribution in [2.24, 2.45) is 0 Å². The highest BCUT2D eigenvalue weighted by Crippen LogP contribution is 2.34. The van der Waals surface area contributed by atoms with Gasteiger partial charge in [0.2, 0.25) is 5.91 Å². The average Bonchev–Trinajstić information content (AvgIpc) is 2.70. The van der Waals surface area contributed by atoms with Gasteiger partial charge in [-0.05, 0) is 31.0 Å². The number of thiazole rings is 1. The molecular formula is C11H10BrClN2OS. The maximum absolute atomic E-state index is 11.2. The molecule has 2 rings (SSSR count). The van der Waals surface area contributed by atoms with Gasteiger partial charge in [-0.25, -0.2) is 4.98 Å². The first kappa shape index (κ1) is 12.8. The van der Waals surface area contributed by atoms with Crippen molar-refractivity contribution in [2.75, 3.05) is 11.2 Å². The number of hydrogen-bond acceptors (Lipinski definition) is 3. The van der Waals surface area contributed by atoms with Crippen molar-refractivity contribution < 1.29 is 4.79 Å². The Kier molecular flexibility index (Phi) is 3.70.